The van der Waals surface area contributed by atoms with E-state index in [9.17, 15) is 9.59 Å². The summed E-state index contributed by atoms with van der Waals surface area (Å²) in [5, 5.41) is 16.9. The molecule has 0 bridgehead atoms. The quantitative estimate of drug-likeness (QED) is 0.268. The Morgan fingerprint density at radius 1 is 1.12 bits per heavy atom. The molecule has 0 amide bonds. The first-order chi connectivity index (χ1) is 15.2. The van der Waals surface area contributed by atoms with E-state index in [4.69, 9.17) is 16.3 Å². The van der Waals surface area contributed by atoms with Gasteiger partial charge in [-0.15, -0.1) is 10.2 Å². The Balaban J connectivity index is 1.71. The Morgan fingerprint density at radius 3 is 2.56 bits per heavy atom. The van der Waals surface area contributed by atoms with Crippen LogP contribution in [-0.4, -0.2) is 36.7 Å². The van der Waals surface area contributed by atoms with Crippen LogP contribution in [0.5, 0.6) is 5.75 Å². The number of hydrogen-bond donors (Lipinski definition) is 0. The van der Waals surface area contributed by atoms with E-state index in [1.807, 2.05) is 20.8 Å². The van der Waals surface area contributed by atoms with Gasteiger partial charge in [0.25, 0.3) is 11.3 Å². The summed E-state index contributed by atoms with van der Waals surface area (Å²) in [5.74, 6) is -0.0970. The van der Waals surface area contributed by atoms with E-state index in [1.165, 1.54) is 17.1 Å². The van der Waals surface area contributed by atoms with Crippen LogP contribution in [0.2, 0.25) is 5.02 Å². The van der Waals surface area contributed by atoms with E-state index in [0.29, 0.717) is 21.8 Å². The molecule has 0 atom stereocenters. The molecule has 0 aliphatic rings. The van der Waals surface area contributed by atoms with Crippen molar-refractivity contribution >= 4 is 29.6 Å². The van der Waals surface area contributed by atoms with Gasteiger partial charge in [0.1, 0.15) is 17.8 Å². The molecule has 0 aliphatic carbocycles. The van der Waals surface area contributed by atoms with Gasteiger partial charge in [-0.3, -0.25) is 4.79 Å². The standard InChI is InChI=1S/C22H19ClN6O3/c1-22(2,3)18-19(30)29(21-26-24-13-28(21)27-18)25-12-15-6-4-5-7-17(15)32-20(31)14-8-10-16(23)11-9-14/h4-13H,1-3H3/b25-12+. The zero-order chi connectivity index (χ0) is 22.9. The third-order valence-electron chi connectivity index (χ3n) is 4.53. The summed E-state index contributed by atoms with van der Waals surface area (Å²) < 4.78 is 8.05. The second kappa shape index (κ2) is 8.35. The van der Waals surface area contributed by atoms with Crippen LogP contribution in [0.15, 0.2) is 64.8 Å². The highest BCUT2D eigenvalue weighted by Crippen LogP contribution is 2.19. The topological polar surface area (TPSA) is 104 Å². The maximum absolute atomic E-state index is 13.0. The number of hydrogen-bond acceptors (Lipinski definition) is 7. The predicted octanol–water partition coefficient (Wildman–Crippen LogP) is 3.34. The van der Waals surface area contributed by atoms with Gasteiger partial charge >= 0.3 is 5.97 Å². The van der Waals surface area contributed by atoms with Crippen LogP contribution in [0, 0.1) is 0 Å². The third kappa shape index (κ3) is 4.28. The first kappa shape index (κ1) is 21.4. The fraction of sp³-hybridized carbons (Fsp3) is 0.182. The second-order valence-corrected chi connectivity index (χ2v) is 8.41. The number of halogens is 1. The van der Waals surface area contributed by atoms with Gasteiger partial charge in [0.15, 0.2) is 0 Å². The summed E-state index contributed by atoms with van der Waals surface area (Å²) in [6.45, 7) is 5.64. The van der Waals surface area contributed by atoms with Gasteiger partial charge < -0.3 is 4.74 Å². The summed E-state index contributed by atoms with van der Waals surface area (Å²) in [7, 11) is 0. The summed E-state index contributed by atoms with van der Waals surface area (Å²) in [4.78, 5) is 25.5. The molecule has 0 saturated carbocycles. The zero-order valence-corrected chi connectivity index (χ0v) is 18.3. The minimum absolute atomic E-state index is 0.162. The Hall–Kier alpha value is -3.85. The molecular weight excluding hydrogens is 432 g/mol. The van der Waals surface area contributed by atoms with E-state index in [1.54, 1.807) is 48.5 Å². The van der Waals surface area contributed by atoms with E-state index >= 15 is 0 Å². The number of ether oxygens (including phenoxy) is 1. The van der Waals surface area contributed by atoms with Crippen LogP contribution in [0.1, 0.15) is 42.4 Å². The van der Waals surface area contributed by atoms with Crippen molar-refractivity contribution < 1.29 is 9.53 Å². The fourth-order valence-corrected chi connectivity index (χ4v) is 3.02. The largest absolute Gasteiger partial charge is 0.422 e. The van der Waals surface area contributed by atoms with Gasteiger partial charge in [-0.25, -0.2) is 4.79 Å². The van der Waals surface area contributed by atoms with Crippen molar-refractivity contribution in [3.8, 4) is 5.75 Å². The lowest BCUT2D eigenvalue weighted by Crippen LogP contribution is -2.33. The Labute approximate surface area is 187 Å². The molecule has 10 heteroatoms. The van der Waals surface area contributed by atoms with Crippen molar-refractivity contribution in [1.82, 2.24) is 24.5 Å². The number of esters is 1. The molecule has 0 unspecified atom stereocenters. The highest BCUT2D eigenvalue weighted by atomic mass is 35.5. The van der Waals surface area contributed by atoms with Crippen LogP contribution in [0.3, 0.4) is 0 Å². The van der Waals surface area contributed by atoms with Gasteiger partial charge in [-0.1, -0.05) is 44.5 Å². The lowest BCUT2D eigenvalue weighted by atomic mass is 9.93. The van der Waals surface area contributed by atoms with Gasteiger partial charge in [0.05, 0.1) is 11.8 Å². The number of carbonyl (C=O) groups is 1. The minimum atomic E-state index is -0.543. The monoisotopic (exact) mass is 450 g/mol. The summed E-state index contributed by atoms with van der Waals surface area (Å²) >= 11 is 5.87. The summed E-state index contributed by atoms with van der Waals surface area (Å²) in [5.41, 5.74) is 0.230. The minimum Gasteiger partial charge on any atom is -0.422 e. The number of rotatable bonds is 4. The lowest BCUT2D eigenvalue weighted by molar-refractivity contribution is 0.0734. The molecule has 2 aromatic carbocycles. The maximum Gasteiger partial charge on any atom is 0.343 e. The number of nitrogens with zero attached hydrogens (tertiary/aromatic N) is 6. The lowest BCUT2D eigenvalue weighted by Gasteiger charge is -2.16. The SMILES string of the molecule is CC(C)(C)c1nn2cnnc2n(/N=C/c2ccccc2OC(=O)c2ccc(Cl)cc2)c1=O. The molecular formula is C22H19ClN6O3. The first-order valence-electron chi connectivity index (χ1n) is 9.69. The second-order valence-electron chi connectivity index (χ2n) is 7.97. The highest BCUT2D eigenvalue weighted by molar-refractivity contribution is 6.30. The van der Waals surface area contributed by atoms with Gasteiger partial charge in [-0.05, 0) is 36.4 Å². The normalized spacial score (nSPS) is 11.9. The molecule has 9 nitrogen and oxygen atoms in total. The Morgan fingerprint density at radius 2 is 1.84 bits per heavy atom. The Bertz CT molecular complexity index is 1380. The highest BCUT2D eigenvalue weighted by Gasteiger charge is 2.24. The summed E-state index contributed by atoms with van der Waals surface area (Å²) in [6, 6.07) is 13.2. The van der Waals surface area contributed by atoms with Crippen LogP contribution < -0.4 is 10.3 Å². The predicted molar refractivity (Wildman–Crippen MR) is 120 cm³/mol. The molecule has 0 fully saturated rings. The van der Waals surface area contributed by atoms with E-state index in [-0.39, 0.29) is 11.5 Å². The first-order valence-corrected chi connectivity index (χ1v) is 10.1. The van der Waals surface area contributed by atoms with Crippen LogP contribution >= 0.6 is 11.6 Å². The maximum atomic E-state index is 13.0. The number of para-hydroxylation sites is 1. The van der Waals surface area contributed by atoms with E-state index in [0.717, 1.165) is 4.68 Å². The molecule has 0 saturated heterocycles. The van der Waals surface area contributed by atoms with Gasteiger partial charge in [0.2, 0.25) is 0 Å². The van der Waals surface area contributed by atoms with Crippen molar-refractivity contribution in [2.24, 2.45) is 5.10 Å². The van der Waals surface area contributed by atoms with Gasteiger partial charge in [0, 0.05) is 16.0 Å². The van der Waals surface area contributed by atoms with Crippen molar-refractivity contribution in [1.29, 1.82) is 0 Å². The molecule has 0 aliphatic heterocycles. The number of carbonyl (C=O) groups excluding carboxylic acids is 1. The molecule has 32 heavy (non-hydrogen) atoms. The third-order valence-corrected chi connectivity index (χ3v) is 4.78. The molecule has 2 aromatic heterocycles. The smallest absolute Gasteiger partial charge is 0.343 e. The molecule has 4 rings (SSSR count). The molecule has 4 aromatic rings. The van der Waals surface area contributed by atoms with E-state index < -0.39 is 16.9 Å². The Kier molecular flexibility index (Phi) is 5.58. The molecule has 162 valence electrons. The fourth-order valence-electron chi connectivity index (χ4n) is 2.90. The summed E-state index contributed by atoms with van der Waals surface area (Å²) in [6.07, 6.45) is 2.82. The zero-order valence-electron chi connectivity index (χ0n) is 17.6. The van der Waals surface area contributed by atoms with Crippen LogP contribution in [0.25, 0.3) is 5.78 Å². The number of aromatic nitrogens is 5. The van der Waals surface area contributed by atoms with Crippen LogP contribution in [-0.2, 0) is 5.41 Å². The van der Waals surface area contributed by atoms with Crippen molar-refractivity contribution in [3.63, 3.8) is 0 Å². The van der Waals surface area contributed by atoms with Crippen molar-refractivity contribution in [2.45, 2.75) is 26.2 Å². The number of benzene rings is 2. The number of fused-ring (bicyclic) bond motifs is 1. The molecule has 0 N–H and O–H groups in total. The van der Waals surface area contributed by atoms with Crippen LogP contribution in [0.4, 0.5) is 0 Å². The molecule has 0 radical (unpaired) electrons. The average Bonchev–Trinajstić information content (AvgIpc) is 3.22. The van der Waals surface area contributed by atoms with E-state index in [2.05, 4.69) is 20.4 Å². The molecule has 2 heterocycles. The molecule has 0 spiro atoms. The van der Waals surface area contributed by atoms with Crippen molar-refractivity contribution in [3.05, 3.63) is 87.1 Å². The van der Waals surface area contributed by atoms with Gasteiger partial charge in [-0.2, -0.15) is 19.4 Å². The van der Waals surface area contributed by atoms with Crippen molar-refractivity contribution in [2.75, 3.05) is 0 Å². The average molecular weight is 451 g/mol.